The molecular formula is C7H13F3N2. The number of nitrogens with zero attached hydrogens (tertiary/aromatic N) is 1. The van der Waals surface area contributed by atoms with Crippen molar-refractivity contribution >= 4 is 0 Å². The number of halogens is 3. The highest BCUT2D eigenvalue weighted by molar-refractivity contribution is 4.78. The molecule has 12 heavy (non-hydrogen) atoms. The Hall–Kier alpha value is -0.290. The quantitative estimate of drug-likeness (QED) is 0.620. The van der Waals surface area contributed by atoms with Crippen LogP contribution < -0.4 is 5.73 Å². The zero-order valence-electron chi connectivity index (χ0n) is 6.77. The monoisotopic (exact) mass is 182 g/mol. The summed E-state index contributed by atoms with van der Waals surface area (Å²) in [6, 6.07) is -0.501. The lowest BCUT2D eigenvalue weighted by molar-refractivity contribution is -0.262. The Balaban J connectivity index is 2.59. The minimum atomic E-state index is -4.20. The number of hydrogen-bond donors (Lipinski definition) is 1. The van der Waals surface area contributed by atoms with Crippen molar-refractivity contribution < 1.29 is 13.2 Å². The summed E-state index contributed by atoms with van der Waals surface area (Å²) >= 11 is 0. The van der Waals surface area contributed by atoms with Gasteiger partial charge in [0.1, 0.15) is 0 Å². The van der Waals surface area contributed by atoms with Crippen molar-refractivity contribution in [1.82, 2.24) is 4.90 Å². The van der Waals surface area contributed by atoms with E-state index in [1.165, 1.54) is 0 Å². The fourth-order valence-electron chi connectivity index (χ4n) is 1.58. The second kappa shape index (κ2) is 3.62. The smallest absolute Gasteiger partial charge is 0.329 e. The van der Waals surface area contributed by atoms with Crippen molar-refractivity contribution in [1.29, 1.82) is 0 Å². The fraction of sp³-hybridized carbons (Fsp3) is 1.00. The lowest BCUT2D eigenvalue weighted by atomic mass is 10.0. The normalized spacial score (nSPS) is 27.5. The molecule has 1 heterocycles. The van der Waals surface area contributed by atoms with Gasteiger partial charge in [0.15, 0.2) is 0 Å². The molecule has 0 spiro atoms. The maximum absolute atomic E-state index is 12.2. The third-order valence-corrected chi connectivity index (χ3v) is 2.22. The number of piperidine rings is 1. The molecule has 1 rings (SSSR count). The average Bonchev–Trinajstić information content (AvgIpc) is 2.03. The van der Waals surface area contributed by atoms with Gasteiger partial charge in [-0.25, -0.2) is 4.90 Å². The highest BCUT2D eigenvalue weighted by Crippen LogP contribution is 2.28. The molecule has 0 radical (unpaired) electrons. The summed E-state index contributed by atoms with van der Waals surface area (Å²) in [5.41, 5.74) is 5.25. The van der Waals surface area contributed by atoms with Crippen LogP contribution in [0, 0.1) is 0 Å². The molecule has 0 aromatic carbocycles. The van der Waals surface area contributed by atoms with Crippen molar-refractivity contribution in [2.24, 2.45) is 5.73 Å². The van der Waals surface area contributed by atoms with Gasteiger partial charge in [0.25, 0.3) is 0 Å². The zero-order chi connectivity index (χ0) is 9.19. The van der Waals surface area contributed by atoms with Crippen LogP contribution >= 0.6 is 0 Å². The van der Waals surface area contributed by atoms with Gasteiger partial charge >= 0.3 is 6.30 Å². The molecule has 2 N–H and O–H groups in total. The second-order valence-corrected chi connectivity index (χ2v) is 3.05. The molecule has 0 saturated carbocycles. The van der Waals surface area contributed by atoms with Crippen LogP contribution in [-0.4, -0.2) is 30.3 Å². The van der Waals surface area contributed by atoms with E-state index in [2.05, 4.69) is 0 Å². The molecular weight excluding hydrogens is 169 g/mol. The number of nitrogens with two attached hydrogens (primary N) is 1. The van der Waals surface area contributed by atoms with E-state index >= 15 is 0 Å². The summed E-state index contributed by atoms with van der Waals surface area (Å²) in [4.78, 5) is 0.552. The van der Waals surface area contributed by atoms with Gasteiger partial charge in [-0.1, -0.05) is 6.42 Å². The van der Waals surface area contributed by atoms with Gasteiger partial charge < -0.3 is 5.73 Å². The molecule has 1 fully saturated rings. The second-order valence-electron chi connectivity index (χ2n) is 3.05. The largest absolute Gasteiger partial charge is 0.460 e. The van der Waals surface area contributed by atoms with Gasteiger partial charge in [0.2, 0.25) is 0 Å². The molecule has 0 aromatic rings. The van der Waals surface area contributed by atoms with Gasteiger partial charge in [-0.3, -0.25) is 0 Å². The van der Waals surface area contributed by atoms with Crippen LogP contribution in [0.1, 0.15) is 19.3 Å². The van der Waals surface area contributed by atoms with E-state index in [9.17, 15) is 13.2 Å². The standard InChI is InChI=1S/C7H13F3N2/c8-7(9,10)12-4-2-1-3-6(12)5-11/h6H,1-5,11H2/t6-/m0/s1. The van der Waals surface area contributed by atoms with Crippen molar-refractivity contribution in [2.75, 3.05) is 13.1 Å². The van der Waals surface area contributed by atoms with Gasteiger partial charge in [0.05, 0.1) is 0 Å². The Morgan fingerprint density at radius 2 is 2.00 bits per heavy atom. The SMILES string of the molecule is NC[C@@H]1CCCCN1C(F)(F)F. The predicted molar refractivity (Wildman–Crippen MR) is 39.5 cm³/mol. The summed E-state index contributed by atoms with van der Waals surface area (Å²) < 4.78 is 36.7. The van der Waals surface area contributed by atoms with Crippen LogP contribution in [0.5, 0.6) is 0 Å². The third kappa shape index (κ3) is 2.10. The van der Waals surface area contributed by atoms with Crippen LogP contribution in [0.25, 0.3) is 0 Å². The van der Waals surface area contributed by atoms with Crippen LogP contribution in [0.3, 0.4) is 0 Å². The molecule has 5 heteroatoms. The van der Waals surface area contributed by atoms with Crippen LogP contribution in [0.2, 0.25) is 0 Å². The maximum atomic E-state index is 12.2. The lowest BCUT2D eigenvalue weighted by Crippen LogP contribution is -2.51. The van der Waals surface area contributed by atoms with Crippen LogP contribution in [0.15, 0.2) is 0 Å². The first-order chi connectivity index (χ1) is 5.55. The molecule has 0 amide bonds. The predicted octanol–water partition coefficient (Wildman–Crippen LogP) is 1.32. The number of alkyl halides is 3. The molecule has 1 saturated heterocycles. The minimum Gasteiger partial charge on any atom is -0.329 e. The summed E-state index contributed by atoms with van der Waals surface area (Å²) in [7, 11) is 0. The number of rotatable bonds is 1. The first kappa shape index (κ1) is 9.80. The Morgan fingerprint density at radius 3 is 2.42 bits per heavy atom. The van der Waals surface area contributed by atoms with Crippen LogP contribution in [-0.2, 0) is 0 Å². The van der Waals surface area contributed by atoms with E-state index in [0.717, 1.165) is 6.42 Å². The van der Waals surface area contributed by atoms with E-state index in [1.54, 1.807) is 0 Å². The van der Waals surface area contributed by atoms with E-state index in [0.29, 0.717) is 17.7 Å². The van der Waals surface area contributed by atoms with E-state index in [1.807, 2.05) is 0 Å². The highest BCUT2D eigenvalue weighted by atomic mass is 19.4. The van der Waals surface area contributed by atoms with Crippen molar-refractivity contribution in [3.63, 3.8) is 0 Å². The molecule has 1 atom stereocenters. The fourth-order valence-corrected chi connectivity index (χ4v) is 1.58. The van der Waals surface area contributed by atoms with E-state index < -0.39 is 12.3 Å². The molecule has 0 aliphatic carbocycles. The van der Waals surface area contributed by atoms with Crippen molar-refractivity contribution in [2.45, 2.75) is 31.6 Å². The van der Waals surface area contributed by atoms with Gasteiger partial charge in [-0.05, 0) is 12.8 Å². The molecule has 0 bridgehead atoms. The first-order valence-corrected chi connectivity index (χ1v) is 4.09. The van der Waals surface area contributed by atoms with E-state index in [-0.39, 0.29) is 13.1 Å². The summed E-state index contributed by atoms with van der Waals surface area (Å²) in [5.74, 6) is 0. The van der Waals surface area contributed by atoms with Crippen molar-refractivity contribution in [3.05, 3.63) is 0 Å². The van der Waals surface area contributed by atoms with Gasteiger partial charge in [-0.2, -0.15) is 13.2 Å². The molecule has 72 valence electrons. The first-order valence-electron chi connectivity index (χ1n) is 4.09. The average molecular weight is 182 g/mol. The third-order valence-electron chi connectivity index (χ3n) is 2.22. The Kier molecular flexibility index (Phi) is 2.95. The van der Waals surface area contributed by atoms with Crippen LogP contribution in [0.4, 0.5) is 13.2 Å². The van der Waals surface area contributed by atoms with Crippen molar-refractivity contribution in [3.8, 4) is 0 Å². The highest BCUT2D eigenvalue weighted by Gasteiger charge is 2.42. The Labute approximate surface area is 69.5 Å². The lowest BCUT2D eigenvalue weighted by Gasteiger charge is -2.35. The zero-order valence-corrected chi connectivity index (χ0v) is 6.77. The molecule has 0 aromatic heterocycles. The molecule has 1 aliphatic heterocycles. The molecule has 1 aliphatic rings. The molecule has 0 unspecified atom stereocenters. The number of likely N-dealkylation sites (tertiary alicyclic amines) is 1. The summed E-state index contributed by atoms with van der Waals surface area (Å²) in [5, 5.41) is 0. The van der Waals surface area contributed by atoms with Gasteiger partial charge in [0, 0.05) is 19.1 Å². The summed E-state index contributed by atoms with van der Waals surface area (Å²) in [6.45, 7) is 0.199. The Morgan fingerprint density at radius 1 is 1.33 bits per heavy atom. The van der Waals surface area contributed by atoms with E-state index in [4.69, 9.17) is 5.73 Å². The molecule has 2 nitrogen and oxygen atoms in total. The minimum absolute atomic E-state index is 0.0967. The summed E-state index contributed by atoms with van der Waals surface area (Å²) in [6.07, 6.45) is -2.16. The topological polar surface area (TPSA) is 29.3 Å². The Bertz CT molecular complexity index is 146. The van der Waals surface area contributed by atoms with Gasteiger partial charge in [-0.15, -0.1) is 0 Å². The maximum Gasteiger partial charge on any atom is 0.460 e. The number of hydrogen-bond acceptors (Lipinski definition) is 2.